The Balaban J connectivity index is 1.87. The van der Waals surface area contributed by atoms with E-state index < -0.39 is 0 Å². The van der Waals surface area contributed by atoms with Crippen LogP contribution in [0.25, 0.3) is 10.9 Å². The van der Waals surface area contributed by atoms with Crippen molar-refractivity contribution in [2.45, 2.75) is 12.8 Å². The smallest absolute Gasteiger partial charge is 0.170 e. The molecule has 106 valence electrons. The standard InChI is InChI=1S/C15H16BrFN2S/c16-15-13(8-11-18-9-4-1-5-10-18)12-6-2-3-7-14(12)19(15)20-17/h1-4,6-7H,5,8-11H2. The third-order valence-corrected chi connectivity index (χ3v) is 5.35. The van der Waals surface area contributed by atoms with Gasteiger partial charge in [-0.05, 0) is 40.4 Å². The second-order valence-corrected chi connectivity index (χ2v) is 6.21. The van der Waals surface area contributed by atoms with Gasteiger partial charge in [-0.2, -0.15) is 0 Å². The molecule has 2 aromatic rings. The highest BCUT2D eigenvalue weighted by atomic mass is 79.9. The van der Waals surface area contributed by atoms with Gasteiger partial charge in [0.1, 0.15) is 4.60 Å². The van der Waals surface area contributed by atoms with E-state index in [0.29, 0.717) is 0 Å². The van der Waals surface area contributed by atoms with Crippen molar-refractivity contribution in [2.75, 3.05) is 19.6 Å². The second kappa shape index (κ2) is 6.33. The lowest BCUT2D eigenvalue weighted by Gasteiger charge is -2.22. The molecule has 3 rings (SSSR count). The van der Waals surface area contributed by atoms with Crippen LogP contribution in [0.15, 0.2) is 41.0 Å². The monoisotopic (exact) mass is 354 g/mol. The van der Waals surface area contributed by atoms with Crippen molar-refractivity contribution < 1.29 is 3.89 Å². The first-order valence-corrected chi connectivity index (χ1v) is 8.22. The van der Waals surface area contributed by atoms with Crippen molar-refractivity contribution in [2.24, 2.45) is 0 Å². The van der Waals surface area contributed by atoms with E-state index in [9.17, 15) is 3.89 Å². The molecule has 0 atom stereocenters. The van der Waals surface area contributed by atoms with E-state index in [4.69, 9.17) is 0 Å². The van der Waals surface area contributed by atoms with E-state index in [1.807, 2.05) is 18.2 Å². The average Bonchev–Trinajstić information content (AvgIpc) is 2.77. The van der Waals surface area contributed by atoms with Crippen molar-refractivity contribution in [3.63, 3.8) is 0 Å². The Bertz CT molecular complexity index is 638. The molecular formula is C15H16BrFN2S. The summed E-state index contributed by atoms with van der Waals surface area (Å²) in [4.78, 5) is 2.43. The number of halogens is 2. The zero-order valence-electron chi connectivity index (χ0n) is 11.1. The predicted molar refractivity (Wildman–Crippen MR) is 87.6 cm³/mol. The highest BCUT2D eigenvalue weighted by Crippen LogP contribution is 2.34. The molecule has 0 spiro atoms. The van der Waals surface area contributed by atoms with E-state index in [0.717, 1.165) is 48.0 Å². The number of aromatic nitrogens is 1. The van der Waals surface area contributed by atoms with Crippen molar-refractivity contribution in [1.82, 2.24) is 8.87 Å². The summed E-state index contributed by atoms with van der Waals surface area (Å²) in [6.07, 6.45) is 6.52. The minimum atomic E-state index is 0.252. The van der Waals surface area contributed by atoms with Crippen molar-refractivity contribution in [1.29, 1.82) is 0 Å². The number of nitrogens with zero attached hydrogens (tertiary/aromatic N) is 2. The van der Waals surface area contributed by atoms with E-state index in [-0.39, 0.29) is 12.3 Å². The van der Waals surface area contributed by atoms with Crippen LogP contribution in [-0.2, 0) is 6.42 Å². The lowest BCUT2D eigenvalue weighted by atomic mass is 10.1. The summed E-state index contributed by atoms with van der Waals surface area (Å²) in [6.45, 7) is 3.15. The van der Waals surface area contributed by atoms with Gasteiger partial charge in [0.05, 0.1) is 5.52 Å². The van der Waals surface area contributed by atoms with Crippen LogP contribution in [-0.4, -0.2) is 28.5 Å². The van der Waals surface area contributed by atoms with Crippen LogP contribution in [0.4, 0.5) is 3.89 Å². The van der Waals surface area contributed by atoms with E-state index in [2.05, 4.69) is 39.0 Å². The largest absolute Gasteiger partial charge is 0.299 e. The lowest BCUT2D eigenvalue weighted by Crippen LogP contribution is -2.29. The van der Waals surface area contributed by atoms with Gasteiger partial charge < -0.3 is 0 Å². The lowest BCUT2D eigenvalue weighted by molar-refractivity contribution is 0.303. The first-order valence-electron chi connectivity index (χ1n) is 6.75. The number of hydrogen-bond donors (Lipinski definition) is 0. The Kier molecular flexibility index (Phi) is 4.48. The molecule has 0 N–H and O–H groups in total. The van der Waals surface area contributed by atoms with Gasteiger partial charge in [0.15, 0.2) is 12.3 Å². The third kappa shape index (κ3) is 2.67. The summed E-state index contributed by atoms with van der Waals surface area (Å²) < 4.78 is 15.6. The van der Waals surface area contributed by atoms with Crippen LogP contribution in [0.1, 0.15) is 12.0 Å². The summed E-state index contributed by atoms with van der Waals surface area (Å²) in [5.41, 5.74) is 2.13. The molecule has 0 unspecified atom stereocenters. The Morgan fingerprint density at radius 1 is 1.25 bits per heavy atom. The van der Waals surface area contributed by atoms with Gasteiger partial charge in [0, 0.05) is 25.0 Å². The molecule has 0 amide bonds. The quantitative estimate of drug-likeness (QED) is 0.742. The zero-order valence-corrected chi connectivity index (χ0v) is 13.5. The third-order valence-electron chi connectivity index (χ3n) is 3.76. The van der Waals surface area contributed by atoms with E-state index >= 15 is 0 Å². The molecule has 0 aliphatic carbocycles. The molecule has 0 fully saturated rings. The molecule has 1 aliphatic heterocycles. The maximum absolute atomic E-state index is 13.2. The molecule has 5 heteroatoms. The number of benzene rings is 1. The SMILES string of the molecule is FSn1c(Br)c(CCN2CC=CCC2)c2ccccc21. The van der Waals surface area contributed by atoms with E-state index in [1.54, 1.807) is 3.97 Å². The number of rotatable bonds is 4. The van der Waals surface area contributed by atoms with Gasteiger partial charge in [0.25, 0.3) is 0 Å². The number of para-hydroxylation sites is 1. The van der Waals surface area contributed by atoms with Crippen molar-refractivity contribution in [3.8, 4) is 0 Å². The Hall–Kier alpha value is -0.780. The molecule has 1 aromatic heterocycles. The molecule has 0 bridgehead atoms. The fraction of sp³-hybridized carbons (Fsp3) is 0.333. The molecule has 0 saturated carbocycles. The summed E-state index contributed by atoms with van der Waals surface area (Å²) in [5, 5.41) is 1.14. The van der Waals surface area contributed by atoms with Gasteiger partial charge in [-0.1, -0.05) is 30.4 Å². The van der Waals surface area contributed by atoms with Crippen molar-refractivity contribution in [3.05, 3.63) is 46.6 Å². The van der Waals surface area contributed by atoms with Crippen LogP contribution in [0.2, 0.25) is 0 Å². The van der Waals surface area contributed by atoms with Crippen LogP contribution in [0, 0.1) is 0 Å². The van der Waals surface area contributed by atoms with Gasteiger partial charge in [0.2, 0.25) is 0 Å². The predicted octanol–water partition coefficient (Wildman–Crippen LogP) is 4.59. The number of hydrogen-bond acceptors (Lipinski definition) is 2. The normalized spacial score (nSPS) is 16.1. The molecule has 2 heterocycles. The Labute approximate surface area is 131 Å². The van der Waals surface area contributed by atoms with Gasteiger partial charge in [-0.15, -0.1) is 3.89 Å². The molecule has 20 heavy (non-hydrogen) atoms. The average molecular weight is 355 g/mol. The van der Waals surface area contributed by atoms with E-state index in [1.165, 1.54) is 5.56 Å². The minimum Gasteiger partial charge on any atom is -0.299 e. The summed E-state index contributed by atoms with van der Waals surface area (Å²) in [6, 6.07) is 7.98. The fourth-order valence-electron chi connectivity index (χ4n) is 2.71. The van der Waals surface area contributed by atoms with Crippen LogP contribution in [0.3, 0.4) is 0 Å². The van der Waals surface area contributed by atoms with Gasteiger partial charge in [-0.25, -0.2) is 3.97 Å². The molecular weight excluding hydrogens is 339 g/mol. The fourth-order valence-corrected chi connectivity index (χ4v) is 3.88. The first-order chi connectivity index (χ1) is 9.81. The molecule has 0 radical (unpaired) electrons. The molecule has 1 aliphatic rings. The summed E-state index contributed by atoms with van der Waals surface area (Å²) >= 11 is 3.80. The Morgan fingerprint density at radius 2 is 2.10 bits per heavy atom. The molecule has 0 saturated heterocycles. The Morgan fingerprint density at radius 3 is 2.85 bits per heavy atom. The van der Waals surface area contributed by atoms with Gasteiger partial charge in [-0.3, -0.25) is 4.90 Å². The van der Waals surface area contributed by atoms with Crippen LogP contribution < -0.4 is 0 Å². The number of fused-ring (bicyclic) bond motifs is 1. The molecule has 2 nitrogen and oxygen atoms in total. The second-order valence-electron chi connectivity index (χ2n) is 4.96. The molecule has 1 aromatic carbocycles. The highest BCUT2D eigenvalue weighted by molar-refractivity contribution is 9.10. The topological polar surface area (TPSA) is 8.17 Å². The zero-order chi connectivity index (χ0) is 13.9. The first kappa shape index (κ1) is 14.2. The van der Waals surface area contributed by atoms with Gasteiger partial charge >= 0.3 is 0 Å². The summed E-state index contributed by atoms with van der Waals surface area (Å²) in [5.74, 6) is 0. The maximum atomic E-state index is 13.2. The summed E-state index contributed by atoms with van der Waals surface area (Å²) in [7, 11) is 0. The minimum absolute atomic E-state index is 0.252. The highest BCUT2D eigenvalue weighted by Gasteiger charge is 2.16. The van der Waals surface area contributed by atoms with Crippen molar-refractivity contribution >= 4 is 39.2 Å². The maximum Gasteiger partial charge on any atom is 0.170 e. The van der Waals surface area contributed by atoms with Crippen LogP contribution >= 0.6 is 28.3 Å². The van der Waals surface area contributed by atoms with Crippen LogP contribution in [0.5, 0.6) is 0 Å².